The fourth-order valence-electron chi connectivity index (χ4n) is 2.68. The van der Waals surface area contributed by atoms with Gasteiger partial charge in [0.1, 0.15) is 16.6 Å². The number of aromatic hydroxyl groups is 1. The molecule has 1 heterocycles. The van der Waals surface area contributed by atoms with Crippen LogP contribution >= 0.6 is 11.3 Å². The molecule has 0 saturated carbocycles. The van der Waals surface area contributed by atoms with E-state index in [0.717, 1.165) is 17.0 Å². The SMILES string of the molecule is CCc1nn(Cc2ccccc2)c(=NC(=O)C(C#N)=Cc2ccc(O)c(OC)c2)s1. The van der Waals surface area contributed by atoms with Crippen LogP contribution in [0, 0.1) is 11.3 Å². The van der Waals surface area contributed by atoms with E-state index in [9.17, 15) is 15.2 Å². The molecule has 1 aromatic heterocycles. The van der Waals surface area contributed by atoms with Crippen molar-refractivity contribution < 1.29 is 14.6 Å². The van der Waals surface area contributed by atoms with Gasteiger partial charge in [-0.15, -0.1) is 0 Å². The van der Waals surface area contributed by atoms with E-state index in [0.29, 0.717) is 16.9 Å². The lowest BCUT2D eigenvalue weighted by atomic mass is 10.1. The number of nitriles is 1. The van der Waals surface area contributed by atoms with Crippen LogP contribution in [-0.4, -0.2) is 27.9 Å². The molecule has 0 aliphatic heterocycles. The maximum absolute atomic E-state index is 12.7. The molecule has 0 unspecified atom stereocenters. The number of aromatic nitrogens is 2. The largest absolute Gasteiger partial charge is 0.504 e. The lowest BCUT2D eigenvalue weighted by Gasteiger charge is -2.04. The first-order valence-electron chi connectivity index (χ1n) is 9.22. The molecule has 7 nitrogen and oxygen atoms in total. The summed E-state index contributed by atoms with van der Waals surface area (Å²) < 4.78 is 6.74. The number of rotatable bonds is 6. The van der Waals surface area contributed by atoms with E-state index < -0.39 is 5.91 Å². The first kappa shape index (κ1) is 21.0. The number of hydrogen-bond donors (Lipinski definition) is 1. The van der Waals surface area contributed by atoms with Crippen LogP contribution in [0.1, 0.15) is 23.1 Å². The van der Waals surface area contributed by atoms with Crippen molar-refractivity contribution in [2.75, 3.05) is 7.11 Å². The number of aryl methyl sites for hydroxylation is 1. The monoisotopic (exact) mass is 420 g/mol. The number of amides is 1. The Morgan fingerprint density at radius 1 is 1.33 bits per heavy atom. The lowest BCUT2D eigenvalue weighted by Crippen LogP contribution is -2.19. The summed E-state index contributed by atoms with van der Waals surface area (Å²) in [4.78, 5) is 17.3. The number of phenolic OH excluding ortho intramolecular Hbond substituents is 1. The van der Waals surface area contributed by atoms with Gasteiger partial charge in [-0.25, -0.2) is 4.68 Å². The molecule has 3 aromatic rings. The van der Waals surface area contributed by atoms with Gasteiger partial charge in [-0.3, -0.25) is 4.79 Å². The number of phenols is 1. The maximum atomic E-state index is 12.7. The van der Waals surface area contributed by atoms with E-state index in [1.165, 1.54) is 36.7 Å². The van der Waals surface area contributed by atoms with Gasteiger partial charge in [-0.2, -0.15) is 15.4 Å². The van der Waals surface area contributed by atoms with Crippen molar-refractivity contribution in [1.29, 1.82) is 5.26 Å². The number of carbonyl (C=O) groups excluding carboxylic acids is 1. The second kappa shape index (κ2) is 9.67. The molecule has 1 N–H and O–H groups in total. The zero-order chi connectivity index (χ0) is 21.5. The summed E-state index contributed by atoms with van der Waals surface area (Å²) in [5.74, 6) is -0.429. The second-order valence-electron chi connectivity index (χ2n) is 6.29. The molecule has 0 spiro atoms. The van der Waals surface area contributed by atoms with Crippen molar-refractivity contribution in [3.63, 3.8) is 0 Å². The summed E-state index contributed by atoms with van der Waals surface area (Å²) in [6, 6.07) is 16.2. The normalized spacial score (nSPS) is 11.9. The van der Waals surface area contributed by atoms with Gasteiger partial charge in [-0.1, -0.05) is 54.7 Å². The van der Waals surface area contributed by atoms with Crippen LogP contribution in [0.15, 0.2) is 59.1 Å². The molecule has 2 aromatic carbocycles. The molecule has 3 rings (SSSR count). The third-order valence-electron chi connectivity index (χ3n) is 4.20. The van der Waals surface area contributed by atoms with Gasteiger partial charge in [0.15, 0.2) is 11.5 Å². The predicted octanol–water partition coefficient (Wildman–Crippen LogP) is 3.30. The third kappa shape index (κ3) is 5.01. The highest BCUT2D eigenvalue weighted by molar-refractivity contribution is 7.08. The van der Waals surface area contributed by atoms with Crippen LogP contribution in [0.25, 0.3) is 6.08 Å². The van der Waals surface area contributed by atoms with E-state index >= 15 is 0 Å². The Bertz CT molecular complexity index is 1190. The van der Waals surface area contributed by atoms with Crippen LogP contribution in [-0.2, 0) is 17.8 Å². The Kier molecular flexibility index (Phi) is 6.78. The molecular weight excluding hydrogens is 400 g/mol. The van der Waals surface area contributed by atoms with Crippen molar-refractivity contribution in [1.82, 2.24) is 9.78 Å². The minimum Gasteiger partial charge on any atom is -0.504 e. The van der Waals surface area contributed by atoms with Crippen LogP contribution in [0.2, 0.25) is 0 Å². The minimum atomic E-state index is -0.655. The summed E-state index contributed by atoms with van der Waals surface area (Å²) in [5, 5.41) is 24.5. The first-order valence-corrected chi connectivity index (χ1v) is 10.0. The molecule has 0 bridgehead atoms. The van der Waals surface area contributed by atoms with Crippen LogP contribution in [0.3, 0.4) is 0 Å². The van der Waals surface area contributed by atoms with Crippen molar-refractivity contribution in [3.05, 3.63) is 75.0 Å². The number of ether oxygens (including phenoxy) is 1. The summed E-state index contributed by atoms with van der Waals surface area (Å²) in [6.07, 6.45) is 2.13. The molecular formula is C22H20N4O3S. The molecule has 0 atom stereocenters. The average Bonchev–Trinajstić information content (AvgIpc) is 3.15. The Balaban J connectivity index is 1.96. The molecule has 0 radical (unpaired) electrons. The fraction of sp³-hybridized carbons (Fsp3) is 0.182. The topological polar surface area (TPSA) is 100 Å². The quantitative estimate of drug-likeness (QED) is 0.487. The highest BCUT2D eigenvalue weighted by atomic mass is 32.1. The molecule has 30 heavy (non-hydrogen) atoms. The van der Waals surface area contributed by atoms with E-state index in [4.69, 9.17) is 4.74 Å². The number of hydrogen-bond acceptors (Lipinski definition) is 6. The molecule has 1 amide bonds. The fourth-order valence-corrected chi connectivity index (χ4v) is 3.51. The number of benzene rings is 2. The zero-order valence-corrected chi connectivity index (χ0v) is 17.4. The maximum Gasteiger partial charge on any atom is 0.290 e. The number of carbonyl (C=O) groups is 1. The van der Waals surface area contributed by atoms with Crippen molar-refractivity contribution >= 4 is 23.3 Å². The first-order chi connectivity index (χ1) is 14.5. The Morgan fingerprint density at radius 2 is 2.10 bits per heavy atom. The van der Waals surface area contributed by atoms with E-state index in [1.807, 2.05) is 43.3 Å². The van der Waals surface area contributed by atoms with Crippen molar-refractivity contribution in [2.45, 2.75) is 19.9 Å². The molecule has 0 aliphatic rings. The molecule has 0 saturated heterocycles. The molecule has 0 aliphatic carbocycles. The van der Waals surface area contributed by atoms with Gasteiger partial charge >= 0.3 is 0 Å². The Morgan fingerprint density at radius 3 is 2.77 bits per heavy atom. The number of methoxy groups -OCH3 is 1. The third-order valence-corrected chi connectivity index (χ3v) is 5.29. The lowest BCUT2D eigenvalue weighted by molar-refractivity contribution is -0.114. The van der Waals surface area contributed by atoms with Gasteiger partial charge in [0, 0.05) is 0 Å². The second-order valence-corrected chi connectivity index (χ2v) is 7.33. The molecule has 0 fully saturated rings. The smallest absolute Gasteiger partial charge is 0.290 e. The van der Waals surface area contributed by atoms with E-state index in [1.54, 1.807) is 10.7 Å². The van der Waals surface area contributed by atoms with Gasteiger partial charge in [0.2, 0.25) is 4.80 Å². The average molecular weight is 420 g/mol. The Labute approximate surface area is 177 Å². The van der Waals surface area contributed by atoms with Gasteiger partial charge in [0.05, 0.1) is 13.7 Å². The van der Waals surface area contributed by atoms with Crippen molar-refractivity contribution in [2.24, 2.45) is 4.99 Å². The predicted molar refractivity (Wildman–Crippen MR) is 114 cm³/mol. The Hall–Kier alpha value is -3.70. The minimum absolute atomic E-state index is 0.0251. The molecule has 152 valence electrons. The van der Waals surface area contributed by atoms with Crippen LogP contribution in [0.4, 0.5) is 0 Å². The summed E-state index contributed by atoms with van der Waals surface area (Å²) in [6.45, 7) is 2.46. The zero-order valence-electron chi connectivity index (χ0n) is 16.6. The van der Waals surface area contributed by atoms with Gasteiger partial charge < -0.3 is 9.84 Å². The number of nitrogens with zero attached hydrogens (tertiary/aromatic N) is 4. The van der Waals surface area contributed by atoms with Crippen molar-refractivity contribution in [3.8, 4) is 17.6 Å². The van der Waals surface area contributed by atoms with E-state index in [2.05, 4.69) is 10.1 Å². The standard InChI is InChI=1S/C22H20N4O3S/c1-3-20-25-26(14-15-7-5-4-6-8-15)22(30-20)24-21(28)17(13-23)11-16-9-10-18(27)19(12-16)29-2/h4-12,27H,3,14H2,1-2H3. The van der Waals surface area contributed by atoms with Gasteiger partial charge in [-0.05, 0) is 35.8 Å². The highest BCUT2D eigenvalue weighted by Crippen LogP contribution is 2.27. The van der Waals surface area contributed by atoms with Gasteiger partial charge in [0.25, 0.3) is 5.91 Å². The van der Waals surface area contributed by atoms with Crippen LogP contribution in [0.5, 0.6) is 11.5 Å². The summed E-state index contributed by atoms with van der Waals surface area (Å²) in [7, 11) is 1.43. The van der Waals surface area contributed by atoms with Crippen LogP contribution < -0.4 is 9.54 Å². The van der Waals surface area contributed by atoms with E-state index in [-0.39, 0.29) is 17.1 Å². The molecule has 8 heteroatoms. The summed E-state index contributed by atoms with van der Waals surface area (Å²) in [5.41, 5.74) is 1.45. The highest BCUT2D eigenvalue weighted by Gasteiger charge is 2.12. The summed E-state index contributed by atoms with van der Waals surface area (Å²) >= 11 is 1.32.